The minimum absolute atomic E-state index is 0.132. The van der Waals surface area contributed by atoms with Gasteiger partial charge in [0.2, 0.25) is 0 Å². The number of aryl methyl sites for hydroxylation is 1. The van der Waals surface area contributed by atoms with E-state index in [0.717, 1.165) is 21.9 Å². The maximum absolute atomic E-state index is 12.8. The first kappa shape index (κ1) is 19.1. The quantitative estimate of drug-likeness (QED) is 0.652. The van der Waals surface area contributed by atoms with E-state index in [9.17, 15) is 4.79 Å². The van der Waals surface area contributed by atoms with E-state index in [4.69, 9.17) is 4.52 Å². The van der Waals surface area contributed by atoms with Gasteiger partial charge in [-0.2, -0.15) is 0 Å². The Labute approximate surface area is 163 Å². The molecule has 0 atom stereocenters. The van der Waals surface area contributed by atoms with Crippen LogP contribution in [0.4, 0.5) is 4.79 Å². The van der Waals surface area contributed by atoms with Crippen molar-refractivity contribution in [3.63, 3.8) is 0 Å². The number of hydrogen-bond acceptors (Lipinski definition) is 5. The summed E-state index contributed by atoms with van der Waals surface area (Å²) in [6.45, 7) is 7.57. The van der Waals surface area contributed by atoms with Crippen molar-refractivity contribution < 1.29 is 9.32 Å². The molecule has 142 valence electrons. The highest BCUT2D eigenvalue weighted by Gasteiger charge is 2.16. The van der Waals surface area contributed by atoms with Gasteiger partial charge in [0.1, 0.15) is 11.5 Å². The van der Waals surface area contributed by atoms with E-state index >= 15 is 0 Å². The Morgan fingerprint density at radius 3 is 2.63 bits per heavy atom. The number of carbonyl (C=O) groups is 1. The molecule has 0 saturated carbocycles. The van der Waals surface area contributed by atoms with Gasteiger partial charge in [0.05, 0.1) is 13.1 Å². The Kier molecular flexibility index (Phi) is 6.24. The van der Waals surface area contributed by atoms with E-state index in [1.54, 1.807) is 28.6 Å². The summed E-state index contributed by atoms with van der Waals surface area (Å²) >= 11 is 1.70. The third-order valence-corrected chi connectivity index (χ3v) is 5.11. The van der Waals surface area contributed by atoms with Crippen LogP contribution in [-0.2, 0) is 19.6 Å². The molecule has 0 radical (unpaired) electrons. The predicted molar refractivity (Wildman–Crippen MR) is 105 cm³/mol. The first-order valence-electron chi connectivity index (χ1n) is 8.93. The van der Waals surface area contributed by atoms with Crippen molar-refractivity contribution in [2.45, 2.75) is 46.3 Å². The van der Waals surface area contributed by atoms with Crippen molar-refractivity contribution in [2.24, 2.45) is 0 Å². The fourth-order valence-electron chi connectivity index (χ4n) is 2.63. The lowest BCUT2D eigenvalue weighted by atomic mass is 10.1. The number of urea groups is 1. The molecular formula is C20H24N4O2S. The number of thiophene rings is 1. The molecule has 0 unspecified atom stereocenters. The molecular weight excluding hydrogens is 360 g/mol. The average Bonchev–Trinajstić information content (AvgIpc) is 3.29. The standard InChI is InChI=1S/C20H24N4O2S/c1-14(2)19-10-17(23-26-19)11-22-20(25)24(12-16-6-8-21-9-7-16)13-18-5-4-15(3)27-18/h4-10,14H,11-13H2,1-3H3,(H,22,25). The normalized spacial score (nSPS) is 11.0. The molecule has 0 spiro atoms. The SMILES string of the molecule is Cc1ccc(CN(Cc2ccncc2)C(=O)NCc2cc(C(C)C)on2)s1. The summed E-state index contributed by atoms with van der Waals surface area (Å²) in [5, 5.41) is 6.98. The second-order valence-corrected chi connectivity index (χ2v) is 8.13. The van der Waals surface area contributed by atoms with Crippen molar-refractivity contribution in [3.05, 3.63) is 69.5 Å². The van der Waals surface area contributed by atoms with Gasteiger partial charge in [-0.05, 0) is 36.8 Å². The summed E-state index contributed by atoms with van der Waals surface area (Å²) in [6.07, 6.45) is 3.48. The van der Waals surface area contributed by atoms with E-state index in [1.807, 2.05) is 32.0 Å². The van der Waals surface area contributed by atoms with Gasteiger partial charge in [0, 0.05) is 40.7 Å². The molecule has 3 aromatic rings. The lowest BCUT2D eigenvalue weighted by Crippen LogP contribution is -2.38. The number of carbonyl (C=O) groups excluding carboxylic acids is 1. The number of rotatable bonds is 7. The van der Waals surface area contributed by atoms with E-state index in [2.05, 4.69) is 34.5 Å². The number of pyridine rings is 1. The van der Waals surface area contributed by atoms with Gasteiger partial charge in [0.15, 0.2) is 0 Å². The first-order valence-corrected chi connectivity index (χ1v) is 9.75. The Bertz CT molecular complexity index is 873. The van der Waals surface area contributed by atoms with Crippen LogP contribution in [0.2, 0.25) is 0 Å². The van der Waals surface area contributed by atoms with Gasteiger partial charge in [-0.1, -0.05) is 19.0 Å². The molecule has 3 aromatic heterocycles. The fraction of sp³-hybridized carbons (Fsp3) is 0.350. The van der Waals surface area contributed by atoms with Crippen molar-refractivity contribution >= 4 is 17.4 Å². The Hall–Kier alpha value is -2.67. The predicted octanol–water partition coefficient (Wildman–Crippen LogP) is 4.47. The van der Waals surface area contributed by atoms with E-state index in [-0.39, 0.29) is 11.9 Å². The number of nitrogens with zero attached hydrogens (tertiary/aromatic N) is 3. The molecule has 0 aromatic carbocycles. The van der Waals surface area contributed by atoms with Crippen LogP contribution < -0.4 is 5.32 Å². The summed E-state index contributed by atoms with van der Waals surface area (Å²) in [7, 11) is 0. The molecule has 0 bridgehead atoms. The molecule has 1 N–H and O–H groups in total. The van der Waals surface area contributed by atoms with Crippen molar-refractivity contribution in [1.82, 2.24) is 20.4 Å². The van der Waals surface area contributed by atoms with Gasteiger partial charge in [-0.25, -0.2) is 4.79 Å². The number of amides is 2. The van der Waals surface area contributed by atoms with Crippen molar-refractivity contribution in [1.29, 1.82) is 0 Å². The van der Waals surface area contributed by atoms with Gasteiger partial charge in [-0.3, -0.25) is 4.98 Å². The molecule has 3 heterocycles. The van der Waals surface area contributed by atoms with Gasteiger partial charge in [-0.15, -0.1) is 11.3 Å². The fourth-order valence-corrected chi connectivity index (χ4v) is 3.53. The van der Waals surface area contributed by atoms with Gasteiger partial charge in [0.25, 0.3) is 0 Å². The van der Waals surface area contributed by atoms with Crippen LogP contribution in [0, 0.1) is 6.92 Å². The second-order valence-electron chi connectivity index (χ2n) is 6.76. The monoisotopic (exact) mass is 384 g/mol. The minimum Gasteiger partial charge on any atom is -0.361 e. The maximum Gasteiger partial charge on any atom is 0.318 e. The van der Waals surface area contributed by atoms with E-state index in [0.29, 0.717) is 19.6 Å². The molecule has 6 nitrogen and oxygen atoms in total. The molecule has 0 aliphatic carbocycles. The minimum atomic E-state index is -0.132. The smallest absolute Gasteiger partial charge is 0.318 e. The average molecular weight is 385 g/mol. The van der Waals surface area contributed by atoms with Crippen LogP contribution >= 0.6 is 11.3 Å². The lowest BCUT2D eigenvalue weighted by Gasteiger charge is -2.22. The molecule has 3 rings (SSSR count). The van der Waals surface area contributed by atoms with Gasteiger partial charge >= 0.3 is 6.03 Å². The molecule has 0 fully saturated rings. The summed E-state index contributed by atoms with van der Waals surface area (Å²) in [6, 6.07) is 9.75. The number of nitrogens with one attached hydrogen (secondary N) is 1. The van der Waals surface area contributed by atoms with Crippen molar-refractivity contribution in [3.8, 4) is 0 Å². The van der Waals surface area contributed by atoms with Gasteiger partial charge < -0.3 is 14.7 Å². The summed E-state index contributed by atoms with van der Waals surface area (Å²) in [4.78, 5) is 21.0. The molecule has 2 amide bonds. The zero-order chi connectivity index (χ0) is 19.2. The molecule has 0 saturated heterocycles. The first-order chi connectivity index (χ1) is 13.0. The molecule has 27 heavy (non-hydrogen) atoms. The lowest BCUT2D eigenvalue weighted by molar-refractivity contribution is 0.192. The zero-order valence-electron chi connectivity index (χ0n) is 15.8. The molecule has 7 heteroatoms. The van der Waals surface area contributed by atoms with Crippen LogP contribution in [-0.4, -0.2) is 21.1 Å². The summed E-state index contributed by atoms with van der Waals surface area (Å²) in [5.41, 5.74) is 1.76. The summed E-state index contributed by atoms with van der Waals surface area (Å²) in [5.74, 6) is 1.09. The topological polar surface area (TPSA) is 71.3 Å². The highest BCUT2D eigenvalue weighted by atomic mass is 32.1. The van der Waals surface area contributed by atoms with Crippen molar-refractivity contribution in [2.75, 3.05) is 0 Å². The molecule has 0 aliphatic rings. The number of aromatic nitrogens is 2. The number of hydrogen-bond donors (Lipinski definition) is 1. The zero-order valence-corrected chi connectivity index (χ0v) is 16.6. The Morgan fingerprint density at radius 1 is 1.22 bits per heavy atom. The highest BCUT2D eigenvalue weighted by Crippen LogP contribution is 2.19. The third-order valence-electron chi connectivity index (χ3n) is 4.12. The summed E-state index contributed by atoms with van der Waals surface area (Å²) < 4.78 is 5.29. The van der Waals surface area contributed by atoms with Crippen LogP contribution in [0.5, 0.6) is 0 Å². The van der Waals surface area contributed by atoms with Crippen LogP contribution in [0.25, 0.3) is 0 Å². The van der Waals surface area contributed by atoms with E-state index < -0.39 is 0 Å². The van der Waals surface area contributed by atoms with Crippen LogP contribution in [0.15, 0.2) is 47.2 Å². The van der Waals surface area contributed by atoms with Crippen LogP contribution in [0.1, 0.15) is 46.5 Å². The maximum atomic E-state index is 12.8. The van der Waals surface area contributed by atoms with Crippen LogP contribution in [0.3, 0.4) is 0 Å². The third kappa shape index (κ3) is 5.40. The molecule has 0 aliphatic heterocycles. The second kappa shape index (κ2) is 8.81. The highest BCUT2D eigenvalue weighted by molar-refractivity contribution is 7.11. The Balaban J connectivity index is 1.67. The Morgan fingerprint density at radius 2 is 2.00 bits per heavy atom. The van der Waals surface area contributed by atoms with E-state index in [1.165, 1.54) is 4.88 Å². The largest absolute Gasteiger partial charge is 0.361 e.